The summed E-state index contributed by atoms with van der Waals surface area (Å²) in [6.45, 7) is 2.04. The van der Waals surface area contributed by atoms with Crippen LogP contribution in [0.25, 0.3) is 0 Å². The van der Waals surface area contributed by atoms with Crippen LogP contribution >= 0.6 is 27.7 Å². The fourth-order valence-electron chi connectivity index (χ4n) is 0.800. The SMILES string of the molecule is CSCCC(C)NC(=O)CCBr. The van der Waals surface area contributed by atoms with Gasteiger partial charge in [0, 0.05) is 17.8 Å². The van der Waals surface area contributed by atoms with Crippen molar-refractivity contribution < 1.29 is 4.79 Å². The van der Waals surface area contributed by atoms with E-state index in [9.17, 15) is 4.79 Å². The van der Waals surface area contributed by atoms with Gasteiger partial charge in [-0.3, -0.25) is 4.79 Å². The van der Waals surface area contributed by atoms with E-state index >= 15 is 0 Å². The second-order valence-electron chi connectivity index (χ2n) is 2.69. The van der Waals surface area contributed by atoms with E-state index in [1.807, 2.05) is 18.7 Å². The Morgan fingerprint density at radius 3 is 2.83 bits per heavy atom. The number of thioether (sulfide) groups is 1. The molecule has 0 heterocycles. The van der Waals surface area contributed by atoms with Crippen LogP contribution in [-0.4, -0.2) is 29.3 Å². The Kier molecular flexibility index (Phi) is 8.12. The smallest absolute Gasteiger partial charge is 0.221 e. The summed E-state index contributed by atoms with van der Waals surface area (Å²) in [5.74, 6) is 1.25. The van der Waals surface area contributed by atoms with Crippen LogP contribution in [-0.2, 0) is 4.79 Å². The van der Waals surface area contributed by atoms with E-state index in [4.69, 9.17) is 0 Å². The lowest BCUT2D eigenvalue weighted by molar-refractivity contribution is -0.121. The van der Waals surface area contributed by atoms with E-state index in [0.717, 1.165) is 17.5 Å². The van der Waals surface area contributed by atoms with Crippen molar-refractivity contribution in [1.82, 2.24) is 5.32 Å². The molecule has 0 aliphatic rings. The minimum absolute atomic E-state index is 0.139. The van der Waals surface area contributed by atoms with Gasteiger partial charge in [0.1, 0.15) is 0 Å². The summed E-state index contributed by atoms with van der Waals surface area (Å²) in [5, 5.41) is 3.68. The summed E-state index contributed by atoms with van der Waals surface area (Å²) in [6.07, 6.45) is 3.70. The monoisotopic (exact) mass is 253 g/mol. The Morgan fingerprint density at radius 1 is 1.67 bits per heavy atom. The summed E-state index contributed by atoms with van der Waals surface area (Å²) in [6, 6.07) is 0.309. The third kappa shape index (κ3) is 6.98. The number of rotatable bonds is 6. The van der Waals surface area contributed by atoms with Gasteiger partial charge in [-0.25, -0.2) is 0 Å². The lowest BCUT2D eigenvalue weighted by Crippen LogP contribution is -2.32. The molecule has 12 heavy (non-hydrogen) atoms. The summed E-state index contributed by atoms with van der Waals surface area (Å²) in [7, 11) is 0. The highest BCUT2D eigenvalue weighted by Crippen LogP contribution is 2.00. The van der Waals surface area contributed by atoms with E-state index in [-0.39, 0.29) is 5.91 Å². The van der Waals surface area contributed by atoms with Crippen molar-refractivity contribution in [3.8, 4) is 0 Å². The highest BCUT2D eigenvalue weighted by Gasteiger charge is 2.05. The standard InChI is InChI=1S/C8H16BrNOS/c1-7(4-6-12-2)10-8(11)3-5-9/h7H,3-6H2,1-2H3,(H,10,11). The average Bonchev–Trinajstić information content (AvgIpc) is 2.01. The van der Waals surface area contributed by atoms with Gasteiger partial charge < -0.3 is 5.32 Å². The Labute approximate surface area is 87.0 Å². The zero-order chi connectivity index (χ0) is 9.40. The maximum absolute atomic E-state index is 11.1. The fourth-order valence-corrected chi connectivity index (χ4v) is 1.75. The number of halogens is 1. The highest BCUT2D eigenvalue weighted by molar-refractivity contribution is 9.09. The molecule has 1 atom stereocenters. The topological polar surface area (TPSA) is 29.1 Å². The quantitative estimate of drug-likeness (QED) is 0.735. The molecule has 1 N–H and O–H groups in total. The minimum atomic E-state index is 0.139. The maximum atomic E-state index is 11.1. The lowest BCUT2D eigenvalue weighted by Gasteiger charge is -2.12. The van der Waals surface area contributed by atoms with Crippen LogP contribution in [0.5, 0.6) is 0 Å². The molecular weight excluding hydrogens is 238 g/mol. The van der Waals surface area contributed by atoms with Crippen LogP contribution < -0.4 is 5.32 Å². The van der Waals surface area contributed by atoms with E-state index in [1.54, 1.807) is 0 Å². The second kappa shape index (κ2) is 7.92. The molecule has 0 aliphatic carbocycles. The molecule has 0 saturated heterocycles. The first-order valence-corrected chi connectivity index (χ1v) is 6.56. The zero-order valence-corrected chi connectivity index (χ0v) is 10.0. The molecule has 2 nitrogen and oxygen atoms in total. The normalized spacial score (nSPS) is 12.6. The molecule has 0 spiro atoms. The van der Waals surface area contributed by atoms with Crippen LogP contribution in [0.1, 0.15) is 19.8 Å². The van der Waals surface area contributed by atoms with Crippen molar-refractivity contribution in [2.75, 3.05) is 17.3 Å². The first kappa shape index (κ1) is 12.3. The van der Waals surface area contributed by atoms with Gasteiger partial charge in [-0.15, -0.1) is 0 Å². The zero-order valence-electron chi connectivity index (χ0n) is 7.60. The molecule has 4 heteroatoms. The van der Waals surface area contributed by atoms with Gasteiger partial charge in [0.2, 0.25) is 5.91 Å². The molecule has 0 bridgehead atoms. The van der Waals surface area contributed by atoms with E-state index in [2.05, 4.69) is 27.5 Å². The molecule has 1 amide bonds. The number of nitrogens with one attached hydrogen (secondary N) is 1. The van der Waals surface area contributed by atoms with Crippen molar-refractivity contribution in [3.63, 3.8) is 0 Å². The van der Waals surface area contributed by atoms with Crippen molar-refractivity contribution >= 4 is 33.6 Å². The average molecular weight is 254 g/mol. The van der Waals surface area contributed by atoms with E-state index in [0.29, 0.717) is 12.5 Å². The number of carbonyl (C=O) groups excluding carboxylic acids is 1. The van der Waals surface area contributed by atoms with Crippen molar-refractivity contribution in [3.05, 3.63) is 0 Å². The van der Waals surface area contributed by atoms with Crippen LogP contribution in [0.4, 0.5) is 0 Å². The molecule has 0 aromatic carbocycles. The number of hydrogen-bond acceptors (Lipinski definition) is 2. The van der Waals surface area contributed by atoms with Crippen molar-refractivity contribution in [2.24, 2.45) is 0 Å². The molecule has 0 saturated carbocycles. The third-order valence-corrected chi connectivity index (χ3v) is 2.52. The third-order valence-electron chi connectivity index (χ3n) is 1.48. The number of amides is 1. The van der Waals surface area contributed by atoms with Gasteiger partial charge >= 0.3 is 0 Å². The van der Waals surface area contributed by atoms with Gasteiger partial charge in [-0.1, -0.05) is 15.9 Å². The Balaban J connectivity index is 3.40. The van der Waals surface area contributed by atoms with Crippen molar-refractivity contribution in [1.29, 1.82) is 0 Å². The van der Waals surface area contributed by atoms with Gasteiger partial charge in [0.05, 0.1) is 0 Å². The molecule has 0 fully saturated rings. The van der Waals surface area contributed by atoms with Crippen LogP contribution in [0, 0.1) is 0 Å². The predicted molar refractivity (Wildman–Crippen MR) is 59.0 cm³/mol. The van der Waals surface area contributed by atoms with Gasteiger partial charge in [-0.2, -0.15) is 11.8 Å². The summed E-state index contributed by atoms with van der Waals surface area (Å²) in [4.78, 5) is 11.1. The van der Waals surface area contributed by atoms with E-state index in [1.165, 1.54) is 0 Å². The molecule has 0 aromatic rings. The van der Waals surface area contributed by atoms with Crippen LogP contribution in [0.3, 0.4) is 0 Å². The largest absolute Gasteiger partial charge is 0.354 e. The van der Waals surface area contributed by atoms with Gasteiger partial charge in [0.25, 0.3) is 0 Å². The lowest BCUT2D eigenvalue weighted by atomic mass is 10.2. The summed E-state index contributed by atoms with van der Waals surface area (Å²) in [5.41, 5.74) is 0. The van der Waals surface area contributed by atoms with Gasteiger partial charge in [-0.05, 0) is 25.4 Å². The molecule has 1 unspecified atom stereocenters. The maximum Gasteiger partial charge on any atom is 0.221 e. The number of hydrogen-bond donors (Lipinski definition) is 1. The van der Waals surface area contributed by atoms with E-state index < -0.39 is 0 Å². The first-order chi connectivity index (χ1) is 5.70. The summed E-state index contributed by atoms with van der Waals surface area (Å²) >= 11 is 5.04. The highest BCUT2D eigenvalue weighted by atomic mass is 79.9. The fraction of sp³-hybridized carbons (Fsp3) is 0.875. The molecule has 0 aromatic heterocycles. The van der Waals surface area contributed by atoms with Crippen molar-refractivity contribution in [2.45, 2.75) is 25.8 Å². The molecule has 72 valence electrons. The number of alkyl halides is 1. The molecular formula is C8H16BrNOS. The van der Waals surface area contributed by atoms with Crippen LogP contribution in [0.15, 0.2) is 0 Å². The first-order valence-electron chi connectivity index (χ1n) is 4.05. The molecule has 0 radical (unpaired) electrons. The Hall–Kier alpha value is 0.300. The second-order valence-corrected chi connectivity index (χ2v) is 4.47. The Morgan fingerprint density at radius 2 is 2.33 bits per heavy atom. The van der Waals surface area contributed by atoms with Crippen LogP contribution in [0.2, 0.25) is 0 Å². The molecule has 0 aliphatic heterocycles. The number of carbonyl (C=O) groups is 1. The van der Waals surface area contributed by atoms with Gasteiger partial charge in [0.15, 0.2) is 0 Å². The molecule has 0 rings (SSSR count). The minimum Gasteiger partial charge on any atom is -0.354 e. The predicted octanol–water partition coefficient (Wildman–Crippen LogP) is 2.03. The summed E-state index contributed by atoms with van der Waals surface area (Å²) < 4.78 is 0. The Bertz CT molecular complexity index is 132.